The maximum atomic E-state index is 13.5. The Morgan fingerprint density at radius 2 is 1.27 bits per heavy atom. The number of ether oxygens (including phenoxy) is 3. The van der Waals surface area contributed by atoms with Crippen molar-refractivity contribution >= 4 is 28.8 Å². The fourth-order valence-electron chi connectivity index (χ4n) is 3.58. The summed E-state index contributed by atoms with van der Waals surface area (Å²) in [6.07, 6.45) is 0. The van der Waals surface area contributed by atoms with E-state index in [0.717, 1.165) is 0 Å². The number of hydrogen-bond acceptors (Lipinski definition) is 6. The van der Waals surface area contributed by atoms with Gasteiger partial charge in [0.2, 0.25) is 0 Å². The van der Waals surface area contributed by atoms with E-state index in [1.165, 1.54) is 4.90 Å². The number of imide groups is 1. The first-order valence-electron chi connectivity index (χ1n) is 10.5. The minimum Gasteiger partial charge on any atom is -0.497 e. The van der Waals surface area contributed by atoms with Gasteiger partial charge in [-0.3, -0.25) is 9.59 Å². The minimum atomic E-state index is -0.439. The van der Waals surface area contributed by atoms with Gasteiger partial charge in [0.15, 0.2) is 0 Å². The second-order valence-electron chi connectivity index (χ2n) is 7.20. The molecule has 7 nitrogen and oxygen atoms in total. The van der Waals surface area contributed by atoms with E-state index in [9.17, 15) is 9.59 Å². The molecule has 0 aromatic heterocycles. The molecule has 0 atom stereocenters. The van der Waals surface area contributed by atoms with Gasteiger partial charge < -0.3 is 19.5 Å². The average molecular weight is 444 g/mol. The van der Waals surface area contributed by atoms with Gasteiger partial charge in [0.25, 0.3) is 11.8 Å². The van der Waals surface area contributed by atoms with Gasteiger partial charge >= 0.3 is 0 Å². The number of amides is 2. The summed E-state index contributed by atoms with van der Waals surface area (Å²) >= 11 is 0. The molecular weight excluding hydrogens is 420 g/mol. The molecule has 1 N–H and O–H groups in total. The van der Waals surface area contributed by atoms with E-state index in [2.05, 4.69) is 5.32 Å². The lowest BCUT2D eigenvalue weighted by Gasteiger charge is -2.16. The van der Waals surface area contributed by atoms with E-state index in [4.69, 9.17) is 14.2 Å². The Hall–Kier alpha value is -4.26. The summed E-state index contributed by atoms with van der Waals surface area (Å²) < 4.78 is 15.9. The number of carbonyl (C=O) groups excluding carboxylic acids is 2. The van der Waals surface area contributed by atoms with Crippen LogP contribution in [0.1, 0.15) is 12.5 Å². The number of anilines is 2. The van der Waals surface area contributed by atoms with Crippen LogP contribution < -0.4 is 24.4 Å². The van der Waals surface area contributed by atoms with Gasteiger partial charge in [-0.15, -0.1) is 0 Å². The summed E-state index contributed by atoms with van der Waals surface area (Å²) in [7, 11) is 3.16. The van der Waals surface area contributed by atoms with Crippen molar-refractivity contribution in [1.29, 1.82) is 0 Å². The molecule has 168 valence electrons. The fraction of sp³-hybridized carbons (Fsp3) is 0.154. The molecule has 0 aliphatic carbocycles. The fourth-order valence-corrected chi connectivity index (χ4v) is 3.58. The van der Waals surface area contributed by atoms with Crippen molar-refractivity contribution in [2.24, 2.45) is 0 Å². The molecule has 0 saturated carbocycles. The highest BCUT2D eigenvalue weighted by atomic mass is 16.5. The number of methoxy groups -OCH3 is 2. The average Bonchev–Trinajstić information content (AvgIpc) is 3.09. The highest BCUT2D eigenvalue weighted by Crippen LogP contribution is 2.35. The molecule has 3 aromatic carbocycles. The van der Waals surface area contributed by atoms with Gasteiger partial charge in [-0.25, -0.2) is 4.90 Å². The third-order valence-corrected chi connectivity index (χ3v) is 5.23. The third kappa shape index (κ3) is 4.39. The maximum Gasteiger partial charge on any atom is 0.282 e. The van der Waals surface area contributed by atoms with Crippen LogP contribution in [0.15, 0.2) is 78.5 Å². The number of nitrogens with one attached hydrogen (secondary N) is 1. The second kappa shape index (κ2) is 9.48. The van der Waals surface area contributed by atoms with Crippen LogP contribution in [-0.2, 0) is 9.59 Å². The van der Waals surface area contributed by atoms with Gasteiger partial charge in [0.05, 0.1) is 32.1 Å². The SMILES string of the molecule is CCOc1ccc(N2C(=O)C(Nc3ccc(OC)cc3)=C(c3ccc(OC)cc3)C2=O)cc1. The second-order valence-corrected chi connectivity index (χ2v) is 7.20. The molecule has 1 heterocycles. The van der Waals surface area contributed by atoms with Crippen molar-refractivity contribution in [1.82, 2.24) is 0 Å². The Morgan fingerprint density at radius 1 is 0.727 bits per heavy atom. The topological polar surface area (TPSA) is 77.1 Å². The predicted octanol–water partition coefficient (Wildman–Crippen LogP) is 4.50. The zero-order valence-electron chi connectivity index (χ0n) is 18.6. The molecule has 2 amide bonds. The summed E-state index contributed by atoms with van der Waals surface area (Å²) in [5.41, 5.74) is 2.22. The molecule has 0 fully saturated rings. The molecule has 0 spiro atoms. The number of nitrogens with zero attached hydrogens (tertiary/aromatic N) is 1. The Bertz CT molecular complexity index is 1180. The Morgan fingerprint density at radius 3 is 1.82 bits per heavy atom. The molecule has 0 bridgehead atoms. The zero-order valence-corrected chi connectivity index (χ0v) is 18.6. The van der Waals surface area contributed by atoms with E-state index >= 15 is 0 Å². The number of rotatable bonds is 8. The van der Waals surface area contributed by atoms with Crippen LogP contribution in [0.5, 0.6) is 17.2 Å². The quantitative estimate of drug-likeness (QED) is 0.516. The maximum absolute atomic E-state index is 13.5. The highest BCUT2D eigenvalue weighted by Gasteiger charge is 2.40. The number of hydrogen-bond donors (Lipinski definition) is 1. The predicted molar refractivity (Wildman–Crippen MR) is 127 cm³/mol. The Labute approximate surface area is 192 Å². The molecular formula is C26H24N2O5. The molecule has 33 heavy (non-hydrogen) atoms. The van der Waals surface area contributed by atoms with Crippen LogP contribution in [0.2, 0.25) is 0 Å². The van der Waals surface area contributed by atoms with E-state index in [-0.39, 0.29) is 11.3 Å². The first-order chi connectivity index (χ1) is 16.0. The zero-order chi connectivity index (χ0) is 23.4. The lowest BCUT2D eigenvalue weighted by molar-refractivity contribution is -0.120. The molecule has 7 heteroatoms. The van der Waals surface area contributed by atoms with Crippen LogP contribution in [0.4, 0.5) is 11.4 Å². The minimum absolute atomic E-state index is 0.198. The van der Waals surface area contributed by atoms with E-state index in [1.807, 2.05) is 6.92 Å². The van der Waals surface area contributed by atoms with Crippen molar-refractivity contribution < 1.29 is 23.8 Å². The van der Waals surface area contributed by atoms with Gasteiger partial charge in [0.1, 0.15) is 22.9 Å². The summed E-state index contributed by atoms with van der Waals surface area (Å²) in [6.45, 7) is 2.42. The van der Waals surface area contributed by atoms with Crippen LogP contribution in [0.25, 0.3) is 5.57 Å². The largest absolute Gasteiger partial charge is 0.497 e. The molecule has 0 unspecified atom stereocenters. The van der Waals surface area contributed by atoms with Crippen molar-refractivity contribution in [3.8, 4) is 17.2 Å². The Balaban J connectivity index is 1.74. The summed E-state index contributed by atoms with van der Waals surface area (Å²) in [6, 6.07) is 21.0. The van der Waals surface area contributed by atoms with E-state index < -0.39 is 11.8 Å². The van der Waals surface area contributed by atoms with Gasteiger partial charge in [-0.1, -0.05) is 12.1 Å². The monoisotopic (exact) mass is 444 g/mol. The van der Waals surface area contributed by atoms with Gasteiger partial charge in [-0.05, 0) is 73.2 Å². The standard InChI is InChI=1S/C26H24N2O5/c1-4-33-22-15-9-19(10-16-22)28-25(29)23(17-5-11-20(31-2)12-6-17)24(26(28)30)27-18-7-13-21(32-3)14-8-18/h5-16,27H,4H2,1-3H3. The summed E-state index contributed by atoms with van der Waals surface area (Å²) in [5, 5.41) is 3.14. The van der Waals surface area contributed by atoms with Gasteiger partial charge in [-0.2, -0.15) is 0 Å². The van der Waals surface area contributed by atoms with Crippen molar-refractivity contribution in [3.05, 3.63) is 84.1 Å². The van der Waals surface area contributed by atoms with Gasteiger partial charge in [0, 0.05) is 5.69 Å². The molecule has 0 radical (unpaired) electrons. The number of benzene rings is 3. The summed E-state index contributed by atoms with van der Waals surface area (Å²) in [4.78, 5) is 28.1. The van der Waals surface area contributed by atoms with E-state index in [0.29, 0.717) is 40.8 Å². The van der Waals surface area contributed by atoms with Crippen molar-refractivity contribution in [3.63, 3.8) is 0 Å². The third-order valence-electron chi connectivity index (χ3n) is 5.23. The normalized spacial score (nSPS) is 13.4. The van der Waals surface area contributed by atoms with Crippen LogP contribution in [0.3, 0.4) is 0 Å². The molecule has 1 aliphatic rings. The molecule has 0 saturated heterocycles. The smallest absolute Gasteiger partial charge is 0.282 e. The highest BCUT2D eigenvalue weighted by molar-refractivity contribution is 6.46. The first kappa shape index (κ1) is 22.0. The first-order valence-corrected chi connectivity index (χ1v) is 10.5. The lowest BCUT2D eigenvalue weighted by Crippen LogP contribution is -2.32. The number of carbonyl (C=O) groups is 2. The van der Waals surface area contributed by atoms with Crippen molar-refractivity contribution in [2.75, 3.05) is 31.0 Å². The molecule has 1 aliphatic heterocycles. The van der Waals surface area contributed by atoms with Crippen LogP contribution in [-0.4, -0.2) is 32.6 Å². The Kier molecular flexibility index (Phi) is 6.31. The molecule has 4 rings (SSSR count). The van der Waals surface area contributed by atoms with Crippen LogP contribution >= 0.6 is 0 Å². The van der Waals surface area contributed by atoms with E-state index in [1.54, 1.807) is 87.0 Å². The summed E-state index contributed by atoms with van der Waals surface area (Å²) in [5.74, 6) is 1.16. The molecule has 3 aromatic rings. The lowest BCUT2D eigenvalue weighted by atomic mass is 10.0. The van der Waals surface area contributed by atoms with Crippen LogP contribution in [0, 0.1) is 0 Å². The van der Waals surface area contributed by atoms with Crippen molar-refractivity contribution in [2.45, 2.75) is 6.92 Å².